The first-order chi connectivity index (χ1) is 9.76. The van der Waals surface area contributed by atoms with Crippen LogP contribution in [-0.4, -0.2) is 28.3 Å². The summed E-state index contributed by atoms with van der Waals surface area (Å²) in [6, 6.07) is 9.71. The Morgan fingerprint density at radius 3 is 2.60 bits per heavy atom. The zero-order valence-corrected chi connectivity index (χ0v) is 12.0. The molecule has 1 aromatic rings. The summed E-state index contributed by atoms with van der Waals surface area (Å²) in [5.41, 5.74) is 1.43. The summed E-state index contributed by atoms with van der Waals surface area (Å²) >= 11 is 1.50. The van der Waals surface area contributed by atoms with Crippen molar-refractivity contribution < 1.29 is 4.79 Å². The van der Waals surface area contributed by atoms with Gasteiger partial charge in [0.2, 0.25) is 0 Å². The van der Waals surface area contributed by atoms with Crippen molar-refractivity contribution in [1.82, 2.24) is 4.90 Å². The Bertz CT molecular complexity index is 575. The van der Waals surface area contributed by atoms with Crippen LogP contribution in [0.5, 0.6) is 0 Å². The quantitative estimate of drug-likeness (QED) is 0.613. The van der Waals surface area contributed by atoms with Gasteiger partial charge in [0.1, 0.15) is 5.70 Å². The lowest BCUT2D eigenvalue weighted by atomic mass is 10.2. The number of carbonyl (C=O) groups is 1. The van der Waals surface area contributed by atoms with Gasteiger partial charge in [-0.2, -0.15) is 0 Å². The third-order valence-corrected chi connectivity index (χ3v) is 3.63. The van der Waals surface area contributed by atoms with E-state index >= 15 is 0 Å². The highest BCUT2D eigenvalue weighted by atomic mass is 32.2. The van der Waals surface area contributed by atoms with Crippen LogP contribution >= 0.6 is 11.8 Å². The predicted octanol–water partition coefficient (Wildman–Crippen LogP) is 3.33. The summed E-state index contributed by atoms with van der Waals surface area (Å²) in [7, 11) is 0. The molecule has 1 aliphatic rings. The van der Waals surface area contributed by atoms with E-state index in [1.165, 1.54) is 11.8 Å². The van der Waals surface area contributed by atoms with Gasteiger partial charge in [-0.3, -0.25) is 9.69 Å². The van der Waals surface area contributed by atoms with E-state index in [0.717, 1.165) is 11.3 Å². The van der Waals surface area contributed by atoms with Gasteiger partial charge >= 0.3 is 0 Å². The Morgan fingerprint density at radius 1 is 1.20 bits per heavy atom. The molecule has 4 heteroatoms. The lowest BCUT2D eigenvalue weighted by Crippen LogP contribution is -2.30. The van der Waals surface area contributed by atoms with Gasteiger partial charge in [-0.05, 0) is 11.6 Å². The van der Waals surface area contributed by atoms with Gasteiger partial charge in [0, 0.05) is 12.3 Å². The molecule has 102 valence electrons. The molecule has 0 aliphatic carbocycles. The number of hydrogen-bond acceptors (Lipinski definition) is 3. The topological polar surface area (TPSA) is 32.7 Å². The minimum absolute atomic E-state index is 0.0830. The third kappa shape index (κ3) is 3.27. The molecule has 0 bridgehead atoms. The van der Waals surface area contributed by atoms with Crippen molar-refractivity contribution in [2.75, 3.05) is 12.3 Å². The van der Waals surface area contributed by atoms with E-state index in [-0.39, 0.29) is 5.91 Å². The number of amides is 1. The number of rotatable bonds is 5. The molecule has 0 saturated heterocycles. The second-order valence-electron chi connectivity index (χ2n) is 4.14. The summed E-state index contributed by atoms with van der Waals surface area (Å²) in [6.45, 7) is 7.84. The van der Waals surface area contributed by atoms with E-state index in [2.05, 4.69) is 18.2 Å². The number of benzene rings is 1. The molecule has 0 N–H and O–H groups in total. The number of amidine groups is 1. The van der Waals surface area contributed by atoms with Crippen molar-refractivity contribution in [2.45, 2.75) is 0 Å². The lowest BCUT2D eigenvalue weighted by molar-refractivity contribution is -0.122. The highest BCUT2D eigenvalue weighted by molar-refractivity contribution is 8.14. The Hall–Kier alpha value is -2.07. The normalized spacial score (nSPS) is 16.4. The zero-order valence-electron chi connectivity index (χ0n) is 11.2. The van der Waals surface area contributed by atoms with Crippen molar-refractivity contribution in [3.05, 3.63) is 66.9 Å². The first kappa shape index (κ1) is 14.3. The maximum Gasteiger partial charge on any atom is 0.278 e. The molecule has 1 amide bonds. The molecule has 1 heterocycles. The van der Waals surface area contributed by atoms with Crippen LogP contribution in [-0.2, 0) is 4.79 Å². The molecule has 1 aliphatic heterocycles. The van der Waals surface area contributed by atoms with E-state index in [1.54, 1.807) is 23.1 Å². The molecular weight excluding hydrogens is 268 g/mol. The molecule has 0 unspecified atom stereocenters. The number of aliphatic imine (C=N–C) groups is 1. The van der Waals surface area contributed by atoms with Crippen LogP contribution in [0.3, 0.4) is 0 Å². The number of thioether (sulfide) groups is 1. The van der Waals surface area contributed by atoms with Crippen LogP contribution < -0.4 is 0 Å². The summed E-state index contributed by atoms with van der Waals surface area (Å²) in [4.78, 5) is 18.4. The Labute approximate surface area is 123 Å². The van der Waals surface area contributed by atoms with E-state index < -0.39 is 0 Å². The lowest BCUT2D eigenvalue weighted by Gasteiger charge is -2.14. The SMILES string of the molecule is C=CCSC1=NC(=Cc2ccccc2)C(=O)N1CC=C. The average Bonchev–Trinajstić information content (AvgIpc) is 2.75. The van der Waals surface area contributed by atoms with Crippen molar-refractivity contribution >= 4 is 28.9 Å². The predicted molar refractivity (Wildman–Crippen MR) is 86.4 cm³/mol. The Morgan fingerprint density at radius 2 is 1.95 bits per heavy atom. The van der Waals surface area contributed by atoms with Crippen LogP contribution in [0.4, 0.5) is 0 Å². The van der Waals surface area contributed by atoms with Gasteiger partial charge in [0.05, 0.1) is 0 Å². The molecule has 3 nitrogen and oxygen atoms in total. The summed E-state index contributed by atoms with van der Waals surface area (Å²) < 4.78 is 0. The first-order valence-electron chi connectivity index (χ1n) is 6.28. The molecule has 0 saturated carbocycles. The molecule has 0 spiro atoms. The second-order valence-corrected chi connectivity index (χ2v) is 5.13. The van der Waals surface area contributed by atoms with Gasteiger partial charge in [-0.15, -0.1) is 13.2 Å². The molecule has 0 fully saturated rings. The fourth-order valence-corrected chi connectivity index (χ4v) is 2.51. The monoisotopic (exact) mass is 284 g/mol. The first-order valence-corrected chi connectivity index (χ1v) is 7.26. The molecule has 20 heavy (non-hydrogen) atoms. The second kappa shape index (κ2) is 6.91. The van der Waals surface area contributed by atoms with Crippen LogP contribution in [0.2, 0.25) is 0 Å². The fraction of sp³-hybridized carbons (Fsp3) is 0.125. The maximum absolute atomic E-state index is 12.3. The largest absolute Gasteiger partial charge is 0.282 e. The summed E-state index contributed by atoms with van der Waals surface area (Å²) in [5.74, 6) is 0.638. The number of hydrogen-bond donors (Lipinski definition) is 0. The van der Waals surface area contributed by atoms with Crippen LogP contribution in [0, 0.1) is 0 Å². The van der Waals surface area contributed by atoms with Crippen molar-refractivity contribution in [3.8, 4) is 0 Å². The minimum atomic E-state index is -0.0830. The number of carbonyl (C=O) groups excluding carboxylic acids is 1. The smallest absolute Gasteiger partial charge is 0.278 e. The van der Waals surface area contributed by atoms with Gasteiger partial charge < -0.3 is 0 Å². The summed E-state index contributed by atoms with van der Waals surface area (Å²) in [5, 5.41) is 0.706. The fourth-order valence-electron chi connectivity index (χ4n) is 1.77. The highest BCUT2D eigenvalue weighted by Gasteiger charge is 2.29. The maximum atomic E-state index is 12.3. The molecule has 1 aromatic carbocycles. The van der Waals surface area contributed by atoms with Crippen molar-refractivity contribution in [2.24, 2.45) is 4.99 Å². The Kier molecular flexibility index (Phi) is 4.96. The zero-order chi connectivity index (χ0) is 14.4. The van der Waals surface area contributed by atoms with E-state index in [4.69, 9.17) is 0 Å². The van der Waals surface area contributed by atoms with Crippen molar-refractivity contribution in [1.29, 1.82) is 0 Å². The van der Waals surface area contributed by atoms with Gasteiger partial charge in [0.15, 0.2) is 5.17 Å². The average molecular weight is 284 g/mol. The standard InChI is InChI=1S/C16H16N2OS/c1-3-10-18-15(19)14(17-16(18)20-11-4-2)12-13-8-6-5-7-9-13/h3-9,12H,1-2,10-11H2. The molecule has 0 atom stereocenters. The molecule has 0 radical (unpaired) electrons. The molecular formula is C16H16N2OS. The van der Waals surface area contributed by atoms with Crippen LogP contribution in [0.25, 0.3) is 6.08 Å². The highest BCUT2D eigenvalue weighted by Crippen LogP contribution is 2.23. The summed E-state index contributed by atoms with van der Waals surface area (Å²) in [6.07, 6.45) is 5.30. The van der Waals surface area contributed by atoms with E-state index in [9.17, 15) is 4.79 Å². The van der Waals surface area contributed by atoms with Gasteiger partial charge in [-0.25, -0.2) is 4.99 Å². The van der Waals surface area contributed by atoms with Gasteiger partial charge in [-0.1, -0.05) is 54.2 Å². The molecule has 2 rings (SSSR count). The minimum Gasteiger partial charge on any atom is -0.282 e. The van der Waals surface area contributed by atoms with Crippen LogP contribution in [0.1, 0.15) is 5.56 Å². The van der Waals surface area contributed by atoms with E-state index in [0.29, 0.717) is 17.4 Å². The third-order valence-electron chi connectivity index (χ3n) is 2.66. The van der Waals surface area contributed by atoms with Crippen LogP contribution in [0.15, 0.2) is 66.3 Å². The molecule has 0 aromatic heterocycles. The number of nitrogens with zero attached hydrogens (tertiary/aromatic N) is 2. The van der Waals surface area contributed by atoms with Crippen molar-refractivity contribution in [3.63, 3.8) is 0 Å². The Balaban J connectivity index is 2.27. The van der Waals surface area contributed by atoms with E-state index in [1.807, 2.05) is 30.3 Å². The van der Waals surface area contributed by atoms with Gasteiger partial charge in [0.25, 0.3) is 5.91 Å².